The fourth-order valence-electron chi connectivity index (χ4n) is 2.90. The third-order valence-corrected chi connectivity index (χ3v) is 4.72. The van der Waals surface area contributed by atoms with Gasteiger partial charge in [-0.1, -0.05) is 54.1 Å². The van der Waals surface area contributed by atoms with Gasteiger partial charge in [0, 0.05) is 13.1 Å². The van der Waals surface area contributed by atoms with Gasteiger partial charge in [0.1, 0.15) is 12.4 Å². The van der Waals surface area contributed by atoms with Gasteiger partial charge >= 0.3 is 0 Å². The summed E-state index contributed by atoms with van der Waals surface area (Å²) in [6.45, 7) is 1.17. The van der Waals surface area contributed by atoms with Crippen molar-refractivity contribution in [2.45, 2.75) is 19.3 Å². The Morgan fingerprint density at radius 3 is 2.45 bits per heavy atom. The second kappa shape index (κ2) is 10.3. The molecule has 4 nitrogen and oxygen atoms in total. The second-order valence-electron chi connectivity index (χ2n) is 6.58. The molecule has 0 spiro atoms. The predicted molar refractivity (Wildman–Crippen MR) is 112 cm³/mol. The first-order chi connectivity index (χ1) is 14.1. The van der Waals surface area contributed by atoms with Gasteiger partial charge in [-0.05, 0) is 41.0 Å². The van der Waals surface area contributed by atoms with Crippen molar-refractivity contribution >= 4 is 11.6 Å². The Morgan fingerprint density at radius 1 is 1.03 bits per heavy atom. The Kier molecular flexibility index (Phi) is 7.47. The Balaban J connectivity index is 1.60. The predicted octanol–water partition coefficient (Wildman–Crippen LogP) is 4.89. The number of rotatable bonds is 9. The minimum atomic E-state index is -0.591. The maximum Gasteiger partial charge on any atom is 0.180 e. The third kappa shape index (κ3) is 5.94. The number of hydrogen-bond donors (Lipinski definition) is 2. The molecule has 0 heterocycles. The number of hydrogen-bond acceptors (Lipinski definition) is 4. The summed E-state index contributed by atoms with van der Waals surface area (Å²) < 4.78 is 24.2. The van der Waals surface area contributed by atoms with E-state index in [1.807, 2.05) is 36.4 Å². The first-order valence-electron chi connectivity index (χ1n) is 9.24. The summed E-state index contributed by atoms with van der Waals surface area (Å²) in [6.07, 6.45) is -0.591. The van der Waals surface area contributed by atoms with Gasteiger partial charge in [0.05, 0.1) is 18.2 Å². The summed E-state index contributed by atoms with van der Waals surface area (Å²) in [5.41, 5.74) is 2.59. The summed E-state index contributed by atoms with van der Waals surface area (Å²) in [5.74, 6) is 0.658. The molecule has 0 amide bonds. The van der Waals surface area contributed by atoms with E-state index in [1.165, 1.54) is 12.1 Å². The lowest BCUT2D eigenvalue weighted by molar-refractivity contribution is 0.174. The van der Waals surface area contributed by atoms with Crippen LogP contribution in [-0.4, -0.2) is 18.8 Å². The molecule has 3 rings (SSSR count). The summed E-state index contributed by atoms with van der Waals surface area (Å²) in [6, 6.07) is 19.2. The molecule has 3 aromatic carbocycles. The molecule has 0 saturated carbocycles. The SMILES string of the molecule is COc1cc(CNCC(O)c2ccccc2)cc(Cl)c1OCc1ccc(F)cc1. The Morgan fingerprint density at radius 2 is 1.76 bits per heavy atom. The smallest absolute Gasteiger partial charge is 0.180 e. The van der Waals surface area contributed by atoms with Crippen LogP contribution in [0.15, 0.2) is 66.7 Å². The Bertz CT molecular complexity index is 919. The lowest BCUT2D eigenvalue weighted by Crippen LogP contribution is -2.21. The summed E-state index contributed by atoms with van der Waals surface area (Å²) >= 11 is 6.40. The summed E-state index contributed by atoms with van der Waals surface area (Å²) in [7, 11) is 1.55. The molecule has 0 aliphatic heterocycles. The average Bonchev–Trinajstić information content (AvgIpc) is 2.74. The normalized spacial score (nSPS) is 11.9. The van der Waals surface area contributed by atoms with Gasteiger partial charge in [0.25, 0.3) is 0 Å². The maximum atomic E-state index is 13.0. The molecule has 6 heteroatoms. The van der Waals surface area contributed by atoms with Crippen molar-refractivity contribution in [2.24, 2.45) is 0 Å². The fourth-order valence-corrected chi connectivity index (χ4v) is 3.19. The largest absolute Gasteiger partial charge is 0.493 e. The molecular formula is C23H23ClFNO3. The van der Waals surface area contributed by atoms with E-state index in [4.69, 9.17) is 21.1 Å². The summed E-state index contributed by atoms with van der Waals surface area (Å²) in [4.78, 5) is 0. The molecule has 0 radical (unpaired) electrons. The molecule has 0 aliphatic carbocycles. The number of halogens is 2. The number of aliphatic hydroxyl groups is 1. The Labute approximate surface area is 174 Å². The van der Waals surface area contributed by atoms with Crippen molar-refractivity contribution in [3.63, 3.8) is 0 Å². The van der Waals surface area contributed by atoms with Gasteiger partial charge in [-0.3, -0.25) is 0 Å². The molecular weight excluding hydrogens is 393 g/mol. The highest BCUT2D eigenvalue weighted by Gasteiger charge is 2.13. The van der Waals surface area contributed by atoms with Crippen LogP contribution in [0.25, 0.3) is 0 Å². The number of aliphatic hydroxyl groups excluding tert-OH is 1. The zero-order valence-electron chi connectivity index (χ0n) is 16.1. The molecule has 0 aliphatic rings. The number of methoxy groups -OCH3 is 1. The summed E-state index contributed by atoms with van der Waals surface area (Å²) in [5, 5.41) is 13.9. The molecule has 152 valence electrons. The van der Waals surface area contributed by atoms with Crippen LogP contribution in [0.5, 0.6) is 11.5 Å². The second-order valence-corrected chi connectivity index (χ2v) is 6.99. The highest BCUT2D eigenvalue weighted by atomic mass is 35.5. The standard InChI is InChI=1S/C23H23ClFNO3/c1-28-22-12-17(13-26-14-21(27)18-5-3-2-4-6-18)11-20(24)23(22)29-15-16-7-9-19(25)10-8-16/h2-12,21,26-27H,13-15H2,1H3. The van der Waals surface area contributed by atoms with E-state index < -0.39 is 6.10 Å². The van der Waals surface area contributed by atoms with Gasteiger partial charge in [-0.25, -0.2) is 4.39 Å². The lowest BCUT2D eigenvalue weighted by atomic mass is 10.1. The minimum absolute atomic E-state index is 0.247. The molecule has 3 aromatic rings. The number of benzene rings is 3. The van der Waals surface area contributed by atoms with E-state index >= 15 is 0 Å². The highest BCUT2D eigenvalue weighted by molar-refractivity contribution is 6.32. The van der Waals surface area contributed by atoms with Crippen LogP contribution >= 0.6 is 11.6 Å². The molecule has 1 unspecified atom stereocenters. The zero-order valence-corrected chi connectivity index (χ0v) is 16.8. The van der Waals surface area contributed by atoms with Crippen LogP contribution < -0.4 is 14.8 Å². The number of nitrogens with one attached hydrogen (secondary N) is 1. The third-order valence-electron chi connectivity index (χ3n) is 4.44. The van der Waals surface area contributed by atoms with Gasteiger partial charge in [-0.15, -0.1) is 0 Å². The molecule has 0 fully saturated rings. The van der Waals surface area contributed by atoms with E-state index in [1.54, 1.807) is 25.3 Å². The van der Waals surface area contributed by atoms with Crippen molar-refractivity contribution in [1.82, 2.24) is 5.32 Å². The molecule has 2 N–H and O–H groups in total. The van der Waals surface area contributed by atoms with Gasteiger partial charge < -0.3 is 19.9 Å². The van der Waals surface area contributed by atoms with Crippen LogP contribution in [0.4, 0.5) is 4.39 Å². The van der Waals surface area contributed by atoms with Crippen LogP contribution in [0.2, 0.25) is 5.02 Å². The molecule has 0 saturated heterocycles. The Hall–Kier alpha value is -2.60. The lowest BCUT2D eigenvalue weighted by Gasteiger charge is -2.16. The van der Waals surface area contributed by atoms with E-state index in [0.29, 0.717) is 29.6 Å². The fraction of sp³-hybridized carbons (Fsp3) is 0.217. The van der Waals surface area contributed by atoms with Crippen LogP contribution in [0.1, 0.15) is 22.8 Å². The topological polar surface area (TPSA) is 50.7 Å². The molecule has 29 heavy (non-hydrogen) atoms. The van der Waals surface area contributed by atoms with Crippen molar-refractivity contribution in [3.8, 4) is 11.5 Å². The highest BCUT2D eigenvalue weighted by Crippen LogP contribution is 2.37. The van der Waals surface area contributed by atoms with Gasteiger partial charge in [0.2, 0.25) is 0 Å². The first-order valence-corrected chi connectivity index (χ1v) is 9.62. The quantitative estimate of drug-likeness (QED) is 0.522. The van der Waals surface area contributed by atoms with Gasteiger partial charge in [0.15, 0.2) is 11.5 Å². The van der Waals surface area contributed by atoms with Crippen molar-refractivity contribution in [1.29, 1.82) is 0 Å². The van der Waals surface area contributed by atoms with Crippen molar-refractivity contribution in [3.05, 3.63) is 94.3 Å². The van der Waals surface area contributed by atoms with E-state index in [9.17, 15) is 9.50 Å². The molecule has 1 atom stereocenters. The van der Waals surface area contributed by atoms with E-state index in [0.717, 1.165) is 16.7 Å². The van der Waals surface area contributed by atoms with Gasteiger partial charge in [-0.2, -0.15) is 0 Å². The number of ether oxygens (including phenoxy) is 2. The van der Waals surface area contributed by atoms with Crippen LogP contribution in [0.3, 0.4) is 0 Å². The van der Waals surface area contributed by atoms with Crippen LogP contribution in [-0.2, 0) is 13.2 Å². The van der Waals surface area contributed by atoms with Crippen LogP contribution in [0, 0.1) is 5.82 Å². The van der Waals surface area contributed by atoms with Crippen molar-refractivity contribution in [2.75, 3.05) is 13.7 Å². The zero-order chi connectivity index (χ0) is 20.6. The maximum absolute atomic E-state index is 13.0. The van der Waals surface area contributed by atoms with Crippen molar-refractivity contribution < 1.29 is 19.0 Å². The molecule has 0 aromatic heterocycles. The molecule has 0 bridgehead atoms. The van der Waals surface area contributed by atoms with E-state index in [2.05, 4.69) is 5.32 Å². The monoisotopic (exact) mass is 415 g/mol. The average molecular weight is 416 g/mol. The minimum Gasteiger partial charge on any atom is -0.493 e. The first kappa shape index (κ1) is 21.1. The van der Waals surface area contributed by atoms with E-state index in [-0.39, 0.29) is 12.4 Å².